The van der Waals surface area contributed by atoms with Crippen molar-refractivity contribution in [3.8, 4) is 0 Å². The molecule has 2 heterocycles. The van der Waals surface area contributed by atoms with E-state index in [1.54, 1.807) is 17.5 Å². The predicted octanol–water partition coefficient (Wildman–Crippen LogP) is 3.50. The molecule has 0 fully saturated rings. The molecule has 2 aromatic heterocycles. The van der Waals surface area contributed by atoms with Crippen molar-refractivity contribution in [2.24, 2.45) is 0 Å². The molecule has 2 rings (SSSR count). The van der Waals surface area contributed by atoms with Crippen LogP contribution in [0.1, 0.15) is 10.4 Å². The highest BCUT2D eigenvalue weighted by atomic mass is 79.9. The Labute approximate surface area is 118 Å². The van der Waals surface area contributed by atoms with Gasteiger partial charge in [0.05, 0.1) is 25.7 Å². The lowest BCUT2D eigenvalue weighted by Gasteiger charge is -2.05. The minimum absolute atomic E-state index is 0.204. The first-order valence-electron chi connectivity index (χ1n) is 4.52. The number of carbonyl (C=O) groups is 1. The van der Waals surface area contributed by atoms with E-state index >= 15 is 0 Å². The number of carbonyl (C=O) groups excluding carboxylic acids is 1. The normalized spacial score (nSPS) is 10.2. The summed E-state index contributed by atoms with van der Waals surface area (Å²) < 4.78 is 1.56. The number of nitrogens with zero attached hydrogens (tertiary/aromatic N) is 1. The van der Waals surface area contributed by atoms with Gasteiger partial charge < -0.3 is 11.1 Å². The number of anilines is 2. The van der Waals surface area contributed by atoms with Crippen molar-refractivity contribution < 1.29 is 4.79 Å². The molecule has 4 nitrogen and oxygen atoms in total. The van der Waals surface area contributed by atoms with E-state index in [-0.39, 0.29) is 5.91 Å². The summed E-state index contributed by atoms with van der Waals surface area (Å²) in [6.45, 7) is 0. The highest BCUT2D eigenvalue weighted by Gasteiger charge is 2.11. The second-order valence-electron chi connectivity index (χ2n) is 3.19. The molecule has 0 bridgehead atoms. The predicted molar refractivity (Wildman–Crippen MR) is 76.3 cm³/mol. The second kappa shape index (κ2) is 5.16. The molecule has 1 amide bonds. The number of nitrogen functional groups attached to an aromatic ring is 1. The highest BCUT2D eigenvalue weighted by Crippen LogP contribution is 2.24. The number of amides is 1. The number of thiophene rings is 1. The lowest BCUT2D eigenvalue weighted by atomic mass is 10.3. The standard InChI is InChI=1S/C10H7Br2N3OS/c11-7-2-6(13)3-14-9(7)15-10(16)5-1-8(12)17-4-5/h1-4H,13H2,(H,14,15,16). The molecule has 0 unspecified atom stereocenters. The third-order valence-corrected chi connectivity index (χ3v) is 4.03. The van der Waals surface area contributed by atoms with Crippen molar-refractivity contribution in [1.82, 2.24) is 4.98 Å². The van der Waals surface area contributed by atoms with Gasteiger partial charge in [0.1, 0.15) is 5.82 Å². The first-order valence-corrected chi connectivity index (χ1v) is 6.99. The number of nitrogens with one attached hydrogen (secondary N) is 1. The van der Waals surface area contributed by atoms with Crippen molar-refractivity contribution in [1.29, 1.82) is 0 Å². The Kier molecular flexibility index (Phi) is 3.80. The van der Waals surface area contributed by atoms with Gasteiger partial charge in [-0.05, 0) is 44.0 Å². The number of hydrogen-bond acceptors (Lipinski definition) is 4. The van der Waals surface area contributed by atoms with E-state index in [0.29, 0.717) is 21.5 Å². The third-order valence-electron chi connectivity index (χ3n) is 1.92. The minimum atomic E-state index is -0.204. The van der Waals surface area contributed by atoms with Crippen LogP contribution in [0.4, 0.5) is 11.5 Å². The Morgan fingerprint density at radius 3 is 2.76 bits per heavy atom. The Morgan fingerprint density at radius 2 is 2.18 bits per heavy atom. The topological polar surface area (TPSA) is 68.0 Å². The minimum Gasteiger partial charge on any atom is -0.397 e. The molecule has 0 atom stereocenters. The van der Waals surface area contributed by atoms with Crippen LogP contribution in [0.2, 0.25) is 0 Å². The van der Waals surface area contributed by atoms with Crippen LogP contribution in [0.25, 0.3) is 0 Å². The van der Waals surface area contributed by atoms with E-state index < -0.39 is 0 Å². The zero-order valence-corrected chi connectivity index (χ0v) is 12.4. The van der Waals surface area contributed by atoms with Crippen molar-refractivity contribution in [3.05, 3.63) is 37.5 Å². The van der Waals surface area contributed by atoms with Crippen LogP contribution in [0.3, 0.4) is 0 Å². The molecular formula is C10H7Br2N3OS. The van der Waals surface area contributed by atoms with Gasteiger partial charge in [0.15, 0.2) is 0 Å². The summed E-state index contributed by atoms with van der Waals surface area (Å²) >= 11 is 8.05. The van der Waals surface area contributed by atoms with Gasteiger partial charge in [-0.3, -0.25) is 4.79 Å². The van der Waals surface area contributed by atoms with Crippen LogP contribution in [-0.4, -0.2) is 10.9 Å². The van der Waals surface area contributed by atoms with Gasteiger partial charge in [-0.1, -0.05) is 0 Å². The number of hydrogen-bond donors (Lipinski definition) is 2. The first-order chi connectivity index (χ1) is 8.06. The fourth-order valence-electron chi connectivity index (χ4n) is 1.15. The Balaban J connectivity index is 2.18. The molecule has 17 heavy (non-hydrogen) atoms. The van der Waals surface area contributed by atoms with E-state index in [1.165, 1.54) is 17.5 Å². The average molecular weight is 377 g/mol. The van der Waals surface area contributed by atoms with E-state index in [0.717, 1.165) is 3.79 Å². The maximum absolute atomic E-state index is 11.8. The van der Waals surface area contributed by atoms with Gasteiger partial charge in [0, 0.05) is 5.38 Å². The van der Waals surface area contributed by atoms with Crippen molar-refractivity contribution in [2.45, 2.75) is 0 Å². The smallest absolute Gasteiger partial charge is 0.257 e. The summed E-state index contributed by atoms with van der Waals surface area (Å²) in [5.74, 6) is 0.247. The molecule has 7 heteroatoms. The maximum atomic E-state index is 11.8. The van der Waals surface area contributed by atoms with Gasteiger partial charge >= 0.3 is 0 Å². The van der Waals surface area contributed by atoms with Gasteiger partial charge in [-0.2, -0.15) is 0 Å². The van der Waals surface area contributed by atoms with E-state index in [4.69, 9.17) is 5.73 Å². The zero-order valence-electron chi connectivity index (χ0n) is 8.41. The van der Waals surface area contributed by atoms with Crippen LogP contribution >= 0.6 is 43.2 Å². The molecule has 0 spiro atoms. The summed E-state index contributed by atoms with van der Waals surface area (Å²) in [6, 6.07) is 3.44. The van der Waals surface area contributed by atoms with E-state index in [9.17, 15) is 4.79 Å². The van der Waals surface area contributed by atoms with Crippen LogP contribution in [0.5, 0.6) is 0 Å². The van der Waals surface area contributed by atoms with Crippen molar-refractivity contribution in [2.75, 3.05) is 11.1 Å². The largest absolute Gasteiger partial charge is 0.397 e. The lowest BCUT2D eigenvalue weighted by molar-refractivity contribution is 0.102. The van der Waals surface area contributed by atoms with Crippen LogP contribution < -0.4 is 11.1 Å². The molecule has 0 aliphatic heterocycles. The quantitative estimate of drug-likeness (QED) is 0.842. The van der Waals surface area contributed by atoms with E-state index in [1.807, 2.05) is 0 Å². The van der Waals surface area contributed by atoms with Crippen LogP contribution in [0, 0.1) is 0 Å². The molecule has 0 saturated carbocycles. The molecule has 0 radical (unpaired) electrons. The fourth-order valence-corrected chi connectivity index (χ4v) is 2.76. The van der Waals surface area contributed by atoms with Crippen molar-refractivity contribution in [3.63, 3.8) is 0 Å². The molecule has 0 aliphatic rings. The average Bonchev–Trinajstić information content (AvgIpc) is 2.69. The van der Waals surface area contributed by atoms with Gasteiger partial charge in [-0.25, -0.2) is 4.98 Å². The molecule has 2 aromatic rings. The molecule has 0 aliphatic carbocycles. The Morgan fingerprint density at radius 1 is 1.41 bits per heavy atom. The summed E-state index contributed by atoms with van der Waals surface area (Å²) in [5.41, 5.74) is 6.69. The van der Waals surface area contributed by atoms with Crippen molar-refractivity contribution >= 4 is 60.6 Å². The third kappa shape index (κ3) is 3.05. The summed E-state index contributed by atoms with van der Waals surface area (Å²) in [5, 5.41) is 4.47. The Bertz CT molecular complexity index is 570. The number of nitrogens with two attached hydrogens (primary N) is 1. The molecule has 88 valence electrons. The van der Waals surface area contributed by atoms with Gasteiger partial charge in [0.2, 0.25) is 0 Å². The number of halogens is 2. The molecular weight excluding hydrogens is 370 g/mol. The summed E-state index contributed by atoms with van der Waals surface area (Å²) in [7, 11) is 0. The van der Waals surface area contributed by atoms with Gasteiger partial charge in [0.25, 0.3) is 5.91 Å². The van der Waals surface area contributed by atoms with Gasteiger partial charge in [-0.15, -0.1) is 11.3 Å². The van der Waals surface area contributed by atoms with E-state index in [2.05, 4.69) is 42.2 Å². The summed E-state index contributed by atoms with van der Waals surface area (Å²) in [6.07, 6.45) is 1.49. The highest BCUT2D eigenvalue weighted by molar-refractivity contribution is 9.11. The maximum Gasteiger partial charge on any atom is 0.257 e. The number of aromatic nitrogens is 1. The monoisotopic (exact) mass is 375 g/mol. The molecule has 3 N–H and O–H groups in total. The fraction of sp³-hybridized carbons (Fsp3) is 0. The Hall–Kier alpha value is -0.920. The summed E-state index contributed by atoms with van der Waals surface area (Å²) in [4.78, 5) is 15.9. The lowest BCUT2D eigenvalue weighted by Crippen LogP contribution is -2.12. The molecule has 0 aromatic carbocycles. The van der Waals surface area contributed by atoms with Crippen LogP contribution in [0.15, 0.2) is 32.0 Å². The van der Waals surface area contributed by atoms with Crippen LogP contribution in [-0.2, 0) is 0 Å². The number of rotatable bonds is 2. The SMILES string of the molecule is Nc1cnc(NC(=O)c2csc(Br)c2)c(Br)c1. The zero-order chi connectivity index (χ0) is 12.4. The first kappa shape index (κ1) is 12.5. The second-order valence-corrected chi connectivity index (χ2v) is 6.34. The number of pyridine rings is 1. The molecule has 0 saturated heterocycles.